The molecule has 0 aliphatic rings. The SMILES string of the molecule is O=C([O-])c1c(I)ccc2cc3ccc(I)cc3cc12.[Li+]. The van der Waals surface area contributed by atoms with E-state index in [1.165, 1.54) is 0 Å². The smallest absolute Gasteiger partial charge is 0.545 e. The van der Waals surface area contributed by atoms with Crippen molar-refractivity contribution < 1.29 is 28.8 Å². The van der Waals surface area contributed by atoms with Crippen molar-refractivity contribution in [2.24, 2.45) is 0 Å². The van der Waals surface area contributed by atoms with E-state index < -0.39 is 5.97 Å². The van der Waals surface area contributed by atoms with Crippen molar-refractivity contribution in [2.45, 2.75) is 0 Å². The third-order valence-electron chi connectivity index (χ3n) is 3.09. The van der Waals surface area contributed by atoms with Gasteiger partial charge in [0.2, 0.25) is 0 Å². The van der Waals surface area contributed by atoms with Gasteiger partial charge in [0, 0.05) is 12.7 Å². The van der Waals surface area contributed by atoms with Gasteiger partial charge in [-0.3, -0.25) is 0 Å². The summed E-state index contributed by atoms with van der Waals surface area (Å²) in [5.41, 5.74) is 0.277. The van der Waals surface area contributed by atoms with E-state index in [2.05, 4.69) is 22.6 Å². The molecule has 5 heteroatoms. The Morgan fingerprint density at radius 1 is 0.900 bits per heavy atom. The van der Waals surface area contributed by atoms with Gasteiger partial charge in [-0.25, -0.2) is 0 Å². The second-order valence-corrected chi connectivity index (χ2v) is 6.68. The maximum absolute atomic E-state index is 11.3. The summed E-state index contributed by atoms with van der Waals surface area (Å²) in [6, 6.07) is 13.8. The summed E-state index contributed by atoms with van der Waals surface area (Å²) in [5.74, 6) is -1.13. The van der Waals surface area contributed by atoms with E-state index in [0.29, 0.717) is 3.57 Å². The molecule has 3 aromatic carbocycles. The molecule has 0 aliphatic heterocycles. The molecule has 0 amide bonds. The van der Waals surface area contributed by atoms with Crippen LogP contribution in [0.4, 0.5) is 0 Å². The van der Waals surface area contributed by atoms with Crippen molar-refractivity contribution in [1.82, 2.24) is 0 Å². The fourth-order valence-corrected chi connectivity index (χ4v) is 3.43. The summed E-state index contributed by atoms with van der Waals surface area (Å²) in [6.07, 6.45) is 0. The Morgan fingerprint density at radius 3 is 2.30 bits per heavy atom. The molecule has 0 aliphatic carbocycles. The van der Waals surface area contributed by atoms with E-state index in [-0.39, 0.29) is 24.4 Å². The Morgan fingerprint density at radius 2 is 1.60 bits per heavy atom. The van der Waals surface area contributed by atoms with Gasteiger partial charge in [-0.15, -0.1) is 0 Å². The quantitative estimate of drug-likeness (QED) is 0.291. The van der Waals surface area contributed by atoms with E-state index in [4.69, 9.17) is 0 Å². The van der Waals surface area contributed by atoms with E-state index >= 15 is 0 Å². The van der Waals surface area contributed by atoms with Gasteiger partial charge in [0.1, 0.15) is 0 Å². The summed E-state index contributed by atoms with van der Waals surface area (Å²) in [5, 5.41) is 15.1. The van der Waals surface area contributed by atoms with Gasteiger partial charge in [0.25, 0.3) is 0 Å². The zero-order valence-corrected chi connectivity index (χ0v) is 14.9. The topological polar surface area (TPSA) is 40.1 Å². The number of aromatic carboxylic acids is 1. The van der Waals surface area contributed by atoms with Gasteiger partial charge in [-0.05, 0) is 97.1 Å². The molecule has 2 nitrogen and oxygen atoms in total. The molecular formula is C15H7I2LiO2. The molecule has 20 heavy (non-hydrogen) atoms. The molecule has 0 unspecified atom stereocenters. The maximum atomic E-state index is 11.3. The predicted molar refractivity (Wildman–Crippen MR) is 91.2 cm³/mol. The predicted octanol–water partition coefficient (Wildman–Crippen LogP) is 0.570. The van der Waals surface area contributed by atoms with Crippen LogP contribution in [-0.2, 0) is 0 Å². The van der Waals surface area contributed by atoms with Crippen molar-refractivity contribution in [3.05, 3.63) is 55.2 Å². The van der Waals surface area contributed by atoms with Gasteiger partial charge >= 0.3 is 18.9 Å². The molecule has 0 aromatic heterocycles. The standard InChI is InChI=1S/C15H8I2O2.Li/c16-11-3-1-8-5-9-2-4-13(17)14(15(18)19)12(9)7-10(8)6-11;/h1-7H,(H,18,19);/q;+1/p-1. The van der Waals surface area contributed by atoms with Crippen LogP contribution in [0.25, 0.3) is 21.5 Å². The summed E-state index contributed by atoms with van der Waals surface area (Å²) >= 11 is 4.28. The van der Waals surface area contributed by atoms with Crippen LogP contribution in [0.15, 0.2) is 42.5 Å². The Labute approximate surface area is 155 Å². The number of hydrogen-bond acceptors (Lipinski definition) is 2. The van der Waals surface area contributed by atoms with Crippen molar-refractivity contribution in [2.75, 3.05) is 0 Å². The Bertz CT molecular complexity index is 831. The van der Waals surface area contributed by atoms with Crippen LogP contribution < -0.4 is 24.0 Å². The molecule has 0 radical (unpaired) electrons. The molecular weight excluding hydrogens is 473 g/mol. The van der Waals surface area contributed by atoms with Gasteiger partial charge in [0.15, 0.2) is 0 Å². The maximum Gasteiger partial charge on any atom is 1.00 e. The van der Waals surface area contributed by atoms with Crippen molar-refractivity contribution in [1.29, 1.82) is 0 Å². The van der Waals surface area contributed by atoms with E-state index in [9.17, 15) is 9.90 Å². The van der Waals surface area contributed by atoms with E-state index in [1.807, 2.05) is 65.1 Å². The van der Waals surface area contributed by atoms with Crippen LogP contribution in [0.2, 0.25) is 0 Å². The molecule has 3 aromatic rings. The van der Waals surface area contributed by atoms with Gasteiger partial charge in [-0.1, -0.05) is 12.1 Å². The summed E-state index contributed by atoms with van der Waals surface area (Å²) in [7, 11) is 0. The molecule has 0 saturated heterocycles. The first-order chi connectivity index (χ1) is 9.06. The minimum absolute atomic E-state index is 0. The average Bonchev–Trinajstić information content (AvgIpc) is 2.35. The first-order valence-corrected chi connectivity index (χ1v) is 7.75. The minimum Gasteiger partial charge on any atom is -0.545 e. The Balaban J connectivity index is 0.00000147. The Kier molecular flexibility index (Phi) is 5.00. The molecule has 0 spiro atoms. The fraction of sp³-hybridized carbons (Fsp3) is 0. The number of benzene rings is 3. The van der Waals surface area contributed by atoms with Crippen molar-refractivity contribution in [3.8, 4) is 0 Å². The Hall–Kier alpha value is -0.293. The molecule has 94 valence electrons. The molecule has 0 fully saturated rings. The van der Waals surface area contributed by atoms with Crippen molar-refractivity contribution in [3.63, 3.8) is 0 Å². The zero-order chi connectivity index (χ0) is 13.6. The largest absolute Gasteiger partial charge is 1.00 e. The summed E-state index contributed by atoms with van der Waals surface area (Å²) < 4.78 is 1.83. The molecule has 0 N–H and O–H groups in total. The van der Waals surface area contributed by atoms with Gasteiger partial charge in [0.05, 0.1) is 5.97 Å². The number of carboxylic acid groups (broad SMARTS) is 1. The van der Waals surface area contributed by atoms with Crippen LogP contribution >= 0.6 is 45.2 Å². The normalized spacial score (nSPS) is 10.5. The van der Waals surface area contributed by atoms with E-state index in [1.54, 1.807) is 0 Å². The number of fused-ring (bicyclic) bond motifs is 2. The van der Waals surface area contributed by atoms with Crippen LogP contribution in [0.1, 0.15) is 10.4 Å². The first kappa shape index (κ1) is 16.1. The van der Waals surface area contributed by atoms with Gasteiger partial charge < -0.3 is 9.90 Å². The molecule has 0 saturated carbocycles. The number of hydrogen-bond donors (Lipinski definition) is 0. The van der Waals surface area contributed by atoms with Crippen LogP contribution in [-0.4, -0.2) is 5.97 Å². The van der Waals surface area contributed by atoms with Crippen molar-refractivity contribution >= 4 is 72.7 Å². The second-order valence-electron chi connectivity index (χ2n) is 4.27. The third-order valence-corrected chi connectivity index (χ3v) is 4.66. The number of rotatable bonds is 1. The number of carboxylic acids is 1. The van der Waals surface area contributed by atoms with Crippen LogP contribution in [0.3, 0.4) is 0 Å². The summed E-state index contributed by atoms with van der Waals surface area (Å²) in [4.78, 5) is 11.3. The van der Waals surface area contributed by atoms with Gasteiger partial charge in [-0.2, -0.15) is 0 Å². The first-order valence-electron chi connectivity index (χ1n) is 5.59. The van der Waals surface area contributed by atoms with Crippen LogP contribution in [0.5, 0.6) is 0 Å². The number of carbonyl (C=O) groups excluding carboxylic acids is 1. The monoisotopic (exact) mass is 480 g/mol. The minimum atomic E-state index is -1.13. The third kappa shape index (κ3) is 2.84. The summed E-state index contributed by atoms with van der Waals surface area (Å²) in [6.45, 7) is 0. The van der Waals surface area contributed by atoms with Crippen LogP contribution in [0, 0.1) is 7.14 Å². The number of halogens is 2. The number of carbonyl (C=O) groups is 1. The molecule has 3 rings (SSSR count). The molecule has 0 atom stereocenters. The second kappa shape index (κ2) is 6.22. The molecule has 0 heterocycles. The fourth-order valence-electron chi connectivity index (χ4n) is 2.22. The zero-order valence-electron chi connectivity index (χ0n) is 10.6. The molecule has 0 bridgehead atoms. The average molecular weight is 480 g/mol. The van der Waals surface area contributed by atoms with E-state index in [0.717, 1.165) is 25.1 Å².